The summed E-state index contributed by atoms with van der Waals surface area (Å²) < 4.78 is 32.1. The van der Waals surface area contributed by atoms with Crippen molar-refractivity contribution in [3.05, 3.63) is 82.7 Å². The number of ether oxygens (including phenoxy) is 3. The van der Waals surface area contributed by atoms with Gasteiger partial charge in [-0.2, -0.15) is 0 Å². The van der Waals surface area contributed by atoms with E-state index >= 15 is 4.39 Å². The van der Waals surface area contributed by atoms with Gasteiger partial charge in [-0.25, -0.2) is 4.39 Å². The van der Waals surface area contributed by atoms with Crippen molar-refractivity contribution in [2.45, 2.75) is 64.8 Å². The molecule has 5 rings (SSSR count). The van der Waals surface area contributed by atoms with E-state index in [0.717, 1.165) is 75.3 Å². The van der Waals surface area contributed by atoms with Gasteiger partial charge >= 0.3 is 0 Å². The van der Waals surface area contributed by atoms with Gasteiger partial charge in [0.15, 0.2) is 11.6 Å². The van der Waals surface area contributed by atoms with Crippen molar-refractivity contribution in [1.29, 1.82) is 0 Å². The number of halogens is 1. The summed E-state index contributed by atoms with van der Waals surface area (Å²) in [6.45, 7) is 7.31. The molecule has 226 valence electrons. The minimum atomic E-state index is -0.286. The summed E-state index contributed by atoms with van der Waals surface area (Å²) >= 11 is 0. The van der Waals surface area contributed by atoms with E-state index in [2.05, 4.69) is 53.1 Å². The van der Waals surface area contributed by atoms with Crippen LogP contribution in [0.4, 0.5) is 10.1 Å². The molecule has 0 bridgehead atoms. The van der Waals surface area contributed by atoms with Gasteiger partial charge in [0.25, 0.3) is 0 Å². The molecule has 3 aromatic carbocycles. The first-order chi connectivity index (χ1) is 20.6. The molecule has 1 unspecified atom stereocenters. The third-order valence-corrected chi connectivity index (χ3v) is 8.86. The molecule has 1 aliphatic carbocycles. The van der Waals surface area contributed by atoms with Crippen LogP contribution >= 0.6 is 0 Å². The zero-order valence-corrected chi connectivity index (χ0v) is 25.7. The van der Waals surface area contributed by atoms with Gasteiger partial charge in [0, 0.05) is 31.4 Å². The number of rotatable bonds is 13. The molecule has 0 N–H and O–H groups in total. The van der Waals surface area contributed by atoms with E-state index in [-0.39, 0.29) is 5.82 Å². The number of aryl methyl sites for hydroxylation is 1. The molecule has 1 saturated heterocycles. The second kappa shape index (κ2) is 14.8. The van der Waals surface area contributed by atoms with Gasteiger partial charge in [0.1, 0.15) is 18.1 Å². The van der Waals surface area contributed by atoms with Crippen molar-refractivity contribution in [3.63, 3.8) is 0 Å². The van der Waals surface area contributed by atoms with Crippen LogP contribution in [0.1, 0.15) is 61.3 Å². The van der Waals surface area contributed by atoms with Crippen LogP contribution in [0.3, 0.4) is 0 Å². The normalized spacial score (nSPS) is 17.0. The number of hydrogen-bond acceptors (Lipinski definition) is 5. The van der Waals surface area contributed by atoms with E-state index in [1.165, 1.54) is 41.6 Å². The molecule has 5 nitrogen and oxygen atoms in total. The topological polar surface area (TPSA) is 34.2 Å². The van der Waals surface area contributed by atoms with E-state index in [1.54, 1.807) is 26.4 Å². The Balaban J connectivity index is 1.28. The lowest BCUT2D eigenvalue weighted by atomic mass is 9.80. The number of likely N-dealkylation sites (tertiary alicyclic amines) is 1. The highest BCUT2D eigenvalue weighted by Crippen LogP contribution is 2.35. The minimum absolute atomic E-state index is 0.286. The smallest absolute Gasteiger partial charge is 0.165 e. The predicted molar refractivity (Wildman–Crippen MR) is 169 cm³/mol. The lowest BCUT2D eigenvalue weighted by Gasteiger charge is -2.30. The van der Waals surface area contributed by atoms with Gasteiger partial charge in [-0.3, -0.25) is 4.90 Å². The number of piperidine rings is 1. The third-order valence-electron chi connectivity index (χ3n) is 8.86. The van der Waals surface area contributed by atoms with Crippen LogP contribution < -0.4 is 19.1 Å². The molecule has 1 atom stereocenters. The molecule has 1 fully saturated rings. The Labute approximate surface area is 251 Å². The fraction of sp³-hybridized carbons (Fsp3) is 0.500. The van der Waals surface area contributed by atoms with Gasteiger partial charge in [-0.15, -0.1) is 0 Å². The second-order valence-corrected chi connectivity index (χ2v) is 11.9. The first kappa shape index (κ1) is 30.2. The largest absolute Gasteiger partial charge is 0.497 e. The molecular weight excluding hydrogens is 527 g/mol. The molecule has 0 spiro atoms. The van der Waals surface area contributed by atoms with Crippen molar-refractivity contribution < 1.29 is 18.6 Å². The molecule has 1 aliphatic heterocycles. The Hall–Kier alpha value is -3.25. The standard InChI is InChI=1S/C36H47FN2O3/c1-4-16-39(26-28-9-15-36(34(37)23-28)42-20-19-38-17-6-5-7-18-38)35-25-33(41-3)14-12-31(35)22-27-8-10-30-24-32(40-2)13-11-29(30)21-27/h9,11-15,23-25,27H,4-8,10,16-22,26H2,1-3H3. The molecular formula is C36H47FN2O3. The van der Waals surface area contributed by atoms with Crippen molar-refractivity contribution in [2.75, 3.05) is 51.9 Å². The Morgan fingerprint density at radius 1 is 0.905 bits per heavy atom. The molecule has 1 heterocycles. The van der Waals surface area contributed by atoms with Gasteiger partial charge in [0.05, 0.1) is 14.2 Å². The van der Waals surface area contributed by atoms with E-state index in [1.807, 2.05) is 6.07 Å². The maximum Gasteiger partial charge on any atom is 0.165 e. The van der Waals surface area contributed by atoms with Crippen molar-refractivity contribution in [2.24, 2.45) is 5.92 Å². The summed E-state index contributed by atoms with van der Waals surface area (Å²) in [5, 5.41) is 0. The Bertz CT molecular complexity index is 1310. The van der Waals surface area contributed by atoms with Gasteiger partial charge in [-0.1, -0.05) is 31.5 Å². The molecule has 0 aromatic heterocycles. The third kappa shape index (κ3) is 7.77. The first-order valence-electron chi connectivity index (χ1n) is 15.8. The maximum absolute atomic E-state index is 15.1. The number of nitrogens with zero attached hydrogens (tertiary/aromatic N) is 2. The number of fused-ring (bicyclic) bond motifs is 1. The van der Waals surface area contributed by atoms with E-state index in [4.69, 9.17) is 14.2 Å². The van der Waals surface area contributed by atoms with Crippen molar-refractivity contribution in [3.8, 4) is 17.2 Å². The van der Waals surface area contributed by atoms with Crippen LogP contribution in [0, 0.1) is 11.7 Å². The van der Waals surface area contributed by atoms with Crippen LogP contribution in [0.2, 0.25) is 0 Å². The molecule has 2 aliphatic rings. The average molecular weight is 575 g/mol. The highest BCUT2D eigenvalue weighted by molar-refractivity contribution is 5.58. The highest BCUT2D eigenvalue weighted by Gasteiger charge is 2.22. The van der Waals surface area contributed by atoms with E-state index in [9.17, 15) is 0 Å². The zero-order chi connectivity index (χ0) is 29.3. The second-order valence-electron chi connectivity index (χ2n) is 11.9. The maximum atomic E-state index is 15.1. The summed E-state index contributed by atoms with van der Waals surface area (Å²) in [6.07, 6.45) is 9.11. The highest BCUT2D eigenvalue weighted by atomic mass is 19.1. The summed E-state index contributed by atoms with van der Waals surface area (Å²) in [4.78, 5) is 4.79. The lowest BCUT2D eigenvalue weighted by Crippen LogP contribution is -2.33. The Morgan fingerprint density at radius 2 is 1.69 bits per heavy atom. The van der Waals surface area contributed by atoms with Crippen LogP contribution in [0.5, 0.6) is 17.2 Å². The summed E-state index contributed by atoms with van der Waals surface area (Å²) in [6, 6.07) is 18.4. The fourth-order valence-electron chi connectivity index (χ4n) is 6.56. The van der Waals surface area contributed by atoms with Gasteiger partial charge in [0.2, 0.25) is 0 Å². The number of benzene rings is 3. The molecule has 0 amide bonds. The SMILES string of the molecule is CCCN(Cc1ccc(OCCN2CCCCC2)c(F)c1)c1cc(OC)ccc1CC1CCc2cc(OC)ccc2C1. The molecule has 0 radical (unpaired) electrons. The zero-order valence-electron chi connectivity index (χ0n) is 25.7. The van der Waals surface area contributed by atoms with Gasteiger partial charge in [-0.05, 0) is 117 Å². The molecule has 42 heavy (non-hydrogen) atoms. The minimum Gasteiger partial charge on any atom is -0.497 e. The van der Waals surface area contributed by atoms with Crippen LogP contribution in [0.15, 0.2) is 54.6 Å². The van der Waals surface area contributed by atoms with Crippen molar-refractivity contribution in [1.82, 2.24) is 4.90 Å². The summed E-state index contributed by atoms with van der Waals surface area (Å²) in [5.74, 6) is 2.41. The summed E-state index contributed by atoms with van der Waals surface area (Å²) in [5.41, 5.74) is 6.29. The predicted octanol–water partition coefficient (Wildman–Crippen LogP) is 7.47. The molecule has 6 heteroatoms. The Kier molecular flexibility index (Phi) is 10.6. The fourth-order valence-corrected chi connectivity index (χ4v) is 6.56. The molecule has 0 saturated carbocycles. The number of hydrogen-bond donors (Lipinski definition) is 0. The monoisotopic (exact) mass is 574 g/mol. The van der Waals surface area contributed by atoms with Crippen LogP contribution in [-0.4, -0.2) is 51.9 Å². The quantitative estimate of drug-likeness (QED) is 0.212. The molecule has 3 aromatic rings. The van der Waals surface area contributed by atoms with Gasteiger partial charge < -0.3 is 19.1 Å². The van der Waals surface area contributed by atoms with Crippen molar-refractivity contribution >= 4 is 5.69 Å². The first-order valence-corrected chi connectivity index (χ1v) is 15.8. The van der Waals surface area contributed by atoms with Crippen LogP contribution in [-0.2, 0) is 25.8 Å². The van der Waals surface area contributed by atoms with E-state index in [0.29, 0.717) is 24.8 Å². The average Bonchev–Trinajstić information content (AvgIpc) is 3.02. The van der Waals surface area contributed by atoms with E-state index < -0.39 is 0 Å². The van der Waals surface area contributed by atoms with Crippen LogP contribution in [0.25, 0.3) is 0 Å². The lowest BCUT2D eigenvalue weighted by molar-refractivity contribution is 0.180. The Morgan fingerprint density at radius 3 is 2.45 bits per heavy atom. The number of anilines is 1. The number of methoxy groups -OCH3 is 2. The summed E-state index contributed by atoms with van der Waals surface area (Å²) in [7, 11) is 3.45.